The van der Waals surface area contributed by atoms with Crippen LogP contribution in [-0.2, 0) is 4.79 Å². The standard InChI is InChI=1S/C16H23NO2/c1-12(2)14-7-6-8-15(11-14)19-13(3)16(18)17-9-4-5-10-17/h6-8,11-13H,4-5,9-10H2,1-3H3. The molecule has 0 N–H and O–H groups in total. The molecule has 1 aliphatic rings. The summed E-state index contributed by atoms with van der Waals surface area (Å²) in [5.74, 6) is 1.35. The van der Waals surface area contributed by atoms with Gasteiger partial charge in [0.25, 0.3) is 5.91 Å². The van der Waals surface area contributed by atoms with Gasteiger partial charge in [0.1, 0.15) is 5.75 Å². The molecule has 2 rings (SSSR count). The maximum atomic E-state index is 12.2. The number of carbonyl (C=O) groups is 1. The van der Waals surface area contributed by atoms with Gasteiger partial charge in [0, 0.05) is 13.1 Å². The Morgan fingerprint density at radius 3 is 2.53 bits per heavy atom. The van der Waals surface area contributed by atoms with Crippen LogP contribution in [0.1, 0.15) is 45.1 Å². The van der Waals surface area contributed by atoms with Crippen LogP contribution in [0.2, 0.25) is 0 Å². The third-order valence-electron chi connectivity index (χ3n) is 3.60. The van der Waals surface area contributed by atoms with E-state index in [-0.39, 0.29) is 5.91 Å². The fraction of sp³-hybridized carbons (Fsp3) is 0.562. The van der Waals surface area contributed by atoms with Crippen molar-refractivity contribution >= 4 is 5.91 Å². The van der Waals surface area contributed by atoms with Crippen molar-refractivity contribution in [3.05, 3.63) is 29.8 Å². The first kappa shape index (κ1) is 13.9. The summed E-state index contributed by atoms with van der Waals surface area (Å²) in [5.41, 5.74) is 1.23. The highest BCUT2D eigenvalue weighted by atomic mass is 16.5. The van der Waals surface area contributed by atoms with Crippen LogP contribution in [0.5, 0.6) is 5.75 Å². The van der Waals surface area contributed by atoms with Crippen LogP contribution >= 0.6 is 0 Å². The van der Waals surface area contributed by atoms with Crippen LogP contribution in [0.25, 0.3) is 0 Å². The second kappa shape index (κ2) is 6.09. The molecule has 1 heterocycles. The first-order valence-corrected chi connectivity index (χ1v) is 7.13. The molecule has 1 amide bonds. The summed E-state index contributed by atoms with van der Waals surface area (Å²) in [5, 5.41) is 0. The van der Waals surface area contributed by atoms with Crippen molar-refractivity contribution in [2.24, 2.45) is 0 Å². The zero-order valence-electron chi connectivity index (χ0n) is 12.1. The number of ether oxygens (including phenoxy) is 1. The molecule has 1 aromatic carbocycles. The van der Waals surface area contributed by atoms with Gasteiger partial charge in [-0.3, -0.25) is 4.79 Å². The summed E-state index contributed by atoms with van der Waals surface area (Å²) >= 11 is 0. The fourth-order valence-corrected chi connectivity index (χ4v) is 2.40. The van der Waals surface area contributed by atoms with Crippen LogP contribution in [0, 0.1) is 0 Å². The molecule has 0 radical (unpaired) electrons. The summed E-state index contributed by atoms with van der Waals surface area (Å²) in [7, 11) is 0. The molecule has 0 aliphatic carbocycles. The van der Waals surface area contributed by atoms with Gasteiger partial charge in [-0.2, -0.15) is 0 Å². The van der Waals surface area contributed by atoms with E-state index in [0.717, 1.165) is 31.7 Å². The largest absolute Gasteiger partial charge is 0.481 e. The minimum atomic E-state index is -0.402. The molecule has 0 bridgehead atoms. The lowest BCUT2D eigenvalue weighted by Gasteiger charge is -2.21. The topological polar surface area (TPSA) is 29.5 Å². The summed E-state index contributed by atoms with van der Waals surface area (Å²) < 4.78 is 5.79. The fourth-order valence-electron chi connectivity index (χ4n) is 2.40. The minimum absolute atomic E-state index is 0.104. The Kier molecular flexibility index (Phi) is 4.46. The Hall–Kier alpha value is -1.51. The van der Waals surface area contributed by atoms with E-state index < -0.39 is 6.10 Å². The van der Waals surface area contributed by atoms with Crippen molar-refractivity contribution in [1.82, 2.24) is 4.90 Å². The second-order valence-electron chi connectivity index (χ2n) is 5.52. The van der Waals surface area contributed by atoms with Crippen molar-refractivity contribution in [2.75, 3.05) is 13.1 Å². The number of hydrogen-bond acceptors (Lipinski definition) is 2. The van der Waals surface area contributed by atoms with E-state index in [1.165, 1.54) is 5.56 Å². The van der Waals surface area contributed by atoms with Gasteiger partial charge in [-0.25, -0.2) is 0 Å². The quantitative estimate of drug-likeness (QED) is 0.833. The first-order valence-electron chi connectivity index (χ1n) is 7.13. The van der Waals surface area contributed by atoms with Gasteiger partial charge in [0.05, 0.1) is 0 Å². The number of likely N-dealkylation sites (tertiary alicyclic amines) is 1. The predicted molar refractivity (Wildman–Crippen MR) is 76.4 cm³/mol. The molecule has 1 aliphatic heterocycles. The number of carbonyl (C=O) groups excluding carboxylic acids is 1. The van der Waals surface area contributed by atoms with E-state index in [4.69, 9.17) is 4.74 Å². The molecule has 19 heavy (non-hydrogen) atoms. The smallest absolute Gasteiger partial charge is 0.263 e. The number of nitrogens with zero attached hydrogens (tertiary/aromatic N) is 1. The van der Waals surface area contributed by atoms with Crippen LogP contribution in [0.4, 0.5) is 0 Å². The first-order chi connectivity index (χ1) is 9.08. The zero-order chi connectivity index (χ0) is 13.8. The van der Waals surface area contributed by atoms with Gasteiger partial charge in [-0.05, 0) is 43.4 Å². The molecule has 1 aromatic rings. The van der Waals surface area contributed by atoms with Gasteiger partial charge >= 0.3 is 0 Å². The highest BCUT2D eigenvalue weighted by Gasteiger charge is 2.24. The lowest BCUT2D eigenvalue weighted by molar-refractivity contribution is -0.136. The molecule has 1 atom stereocenters. The molecule has 0 spiro atoms. The van der Waals surface area contributed by atoms with Gasteiger partial charge in [0.15, 0.2) is 6.10 Å². The van der Waals surface area contributed by atoms with Gasteiger partial charge in [-0.1, -0.05) is 26.0 Å². The van der Waals surface area contributed by atoms with Gasteiger partial charge < -0.3 is 9.64 Å². The zero-order valence-corrected chi connectivity index (χ0v) is 12.1. The SMILES string of the molecule is CC(Oc1cccc(C(C)C)c1)C(=O)N1CCCC1. The molecular formula is C16H23NO2. The number of hydrogen-bond donors (Lipinski definition) is 0. The van der Waals surface area contributed by atoms with E-state index in [2.05, 4.69) is 19.9 Å². The maximum absolute atomic E-state index is 12.2. The number of amides is 1. The predicted octanol–water partition coefficient (Wildman–Crippen LogP) is 3.20. The monoisotopic (exact) mass is 261 g/mol. The lowest BCUT2D eigenvalue weighted by Crippen LogP contribution is -2.38. The van der Waals surface area contributed by atoms with Crippen LogP contribution < -0.4 is 4.74 Å². The van der Waals surface area contributed by atoms with E-state index in [0.29, 0.717) is 5.92 Å². The summed E-state index contributed by atoms with van der Waals surface area (Å²) in [6, 6.07) is 8.01. The summed E-state index contributed by atoms with van der Waals surface area (Å²) in [6.45, 7) is 7.88. The third-order valence-corrected chi connectivity index (χ3v) is 3.60. The van der Waals surface area contributed by atoms with Crippen LogP contribution in [0.15, 0.2) is 24.3 Å². The summed E-state index contributed by atoms with van der Waals surface area (Å²) in [6.07, 6.45) is 1.82. The van der Waals surface area contributed by atoms with Crippen LogP contribution in [-0.4, -0.2) is 30.0 Å². The van der Waals surface area contributed by atoms with Gasteiger partial charge in [0.2, 0.25) is 0 Å². The normalized spacial score (nSPS) is 16.7. The second-order valence-corrected chi connectivity index (χ2v) is 5.52. The Balaban J connectivity index is 1.99. The lowest BCUT2D eigenvalue weighted by atomic mass is 10.0. The van der Waals surface area contributed by atoms with Crippen molar-refractivity contribution in [3.63, 3.8) is 0 Å². The number of benzene rings is 1. The minimum Gasteiger partial charge on any atom is -0.481 e. The third kappa shape index (κ3) is 3.49. The molecule has 104 valence electrons. The van der Waals surface area contributed by atoms with Crippen LogP contribution in [0.3, 0.4) is 0 Å². The van der Waals surface area contributed by atoms with E-state index >= 15 is 0 Å². The van der Waals surface area contributed by atoms with E-state index in [1.54, 1.807) is 0 Å². The Morgan fingerprint density at radius 2 is 1.89 bits per heavy atom. The van der Waals surface area contributed by atoms with Crippen molar-refractivity contribution in [1.29, 1.82) is 0 Å². The highest BCUT2D eigenvalue weighted by Crippen LogP contribution is 2.21. The average Bonchev–Trinajstić information content (AvgIpc) is 2.92. The number of rotatable bonds is 4. The van der Waals surface area contributed by atoms with Gasteiger partial charge in [-0.15, -0.1) is 0 Å². The van der Waals surface area contributed by atoms with Crippen molar-refractivity contribution in [2.45, 2.75) is 45.6 Å². The Labute approximate surface area is 115 Å². The molecule has 0 saturated carbocycles. The molecule has 1 unspecified atom stereocenters. The summed E-state index contributed by atoms with van der Waals surface area (Å²) in [4.78, 5) is 14.1. The maximum Gasteiger partial charge on any atom is 0.263 e. The average molecular weight is 261 g/mol. The molecule has 1 saturated heterocycles. The van der Waals surface area contributed by atoms with E-state index in [9.17, 15) is 4.79 Å². The Bertz CT molecular complexity index is 436. The molecule has 3 nitrogen and oxygen atoms in total. The van der Waals surface area contributed by atoms with Crippen molar-refractivity contribution < 1.29 is 9.53 Å². The molecule has 1 fully saturated rings. The molecule has 3 heteroatoms. The van der Waals surface area contributed by atoms with E-state index in [1.807, 2.05) is 30.0 Å². The van der Waals surface area contributed by atoms with Crippen molar-refractivity contribution in [3.8, 4) is 5.75 Å². The Morgan fingerprint density at radius 1 is 1.21 bits per heavy atom. The molecular weight excluding hydrogens is 238 g/mol. The molecule has 0 aromatic heterocycles. The highest BCUT2D eigenvalue weighted by molar-refractivity contribution is 5.81.